The van der Waals surface area contributed by atoms with E-state index in [4.69, 9.17) is 37.0 Å². The first kappa shape index (κ1) is 102. The minimum atomic E-state index is -5.01. The summed E-state index contributed by atoms with van der Waals surface area (Å²) >= 11 is 0. The van der Waals surface area contributed by atoms with Crippen molar-refractivity contribution in [2.24, 2.45) is 0 Å². The van der Waals surface area contributed by atoms with Gasteiger partial charge >= 0.3 is 39.5 Å². The van der Waals surface area contributed by atoms with Crippen LogP contribution in [0, 0.1) is 0 Å². The molecule has 3 N–H and O–H groups in total. The van der Waals surface area contributed by atoms with Crippen molar-refractivity contribution in [3.05, 3.63) is 194 Å². The Morgan fingerprint density at radius 2 is 0.472 bits per heavy atom. The summed E-state index contributed by atoms with van der Waals surface area (Å²) in [6, 6.07) is 0. The zero-order valence-corrected chi connectivity index (χ0v) is 68.5. The molecule has 0 aliphatic rings. The van der Waals surface area contributed by atoms with Crippen molar-refractivity contribution in [3.63, 3.8) is 0 Å². The molecule has 0 heterocycles. The molecule has 0 rings (SSSR count). The number of ether oxygens (including phenoxy) is 4. The van der Waals surface area contributed by atoms with Gasteiger partial charge in [0, 0.05) is 25.7 Å². The highest BCUT2D eigenvalue weighted by atomic mass is 31.2. The number of aliphatic hydroxyl groups is 1. The van der Waals surface area contributed by atoms with Crippen molar-refractivity contribution in [3.8, 4) is 0 Å². The van der Waals surface area contributed by atoms with Crippen LogP contribution in [-0.2, 0) is 65.4 Å². The Morgan fingerprint density at radius 1 is 0.259 bits per heavy atom. The van der Waals surface area contributed by atoms with Crippen LogP contribution in [0.4, 0.5) is 0 Å². The molecule has 610 valence electrons. The van der Waals surface area contributed by atoms with E-state index in [0.717, 1.165) is 193 Å². The molecule has 0 bridgehead atoms. The minimum Gasteiger partial charge on any atom is -0.462 e. The van der Waals surface area contributed by atoms with Gasteiger partial charge in [0.25, 0.3) is 0 Å². The fourth-order valence-electron chi connectivity index (χ4n) is 10.0. The van der Waals surface area contributed by atoms with E-state index < -0.39 is 97.5 Å². The summed E-state index contributed by atoms with van der Waals surface area (Å²) in [7, 11) is -10.0. The molecule has 0 spiro atoms. The third-order valence-corrected chi connectivity index (χ3v) is 18.0. The average molecular weight is 1550 g/mol. The second kappa shape index (κ2) is 79.0. The van der Waals surface area contributed by atoms with E-state index in [1.165, 1.54) is 0 Å². The largest absolute Gasteiger partial charge is 0.472 e. The number of carbonyl (C=O) groups is 4. The average Bonchev–Trinajstić information content (AvgIpc) is 0.906. The molecule has 5 unspecified atom stereocenters. The lowest BCUT2D eigenvalue weighted by molar-refractivity contribution is -0.161. The molecular formula is C89H142O17P2. The van der Waals surface area contributed by atoms with Crippen LogP contribution in [0.15, 0.2) is 194 Å². The molecule has 0 aromatic heterocycles. The van der Waals surface area contributed by atoms with E-state index in [-0.39, 0.29) is 25.7 Å². The van der Waals surface area contributed by atoms with Crippen molar-refractivity contribution < 1.29 is 80.2 Å². The van der Waals surface area contributed by atoms with Crippen molar-refractivity contribution >= 4 is 39.5 Å². The van der Waals surface area contributed by atoms with Crippen LogP contribution in [-0.4, -0.2) is 96.7 Å². The summed E-state index contributed by atoms with van der Waals surface area (Å²) in [5.41, 5.74) is 0. The second-order valence-corrected chi connectivity index (χ2v) is 29.1. The summed E-state index contributed by atoms with van der Waals surface area (Å²) in [5, 5.41) is 10.7. The fourth-order valence-corrected chi connectivity index (χ4v) is 11.6. The summed E-state index contributed by atoms with van der Waals surface area (Å²) in [4.78, 5) is 73.1. The third-order valence-electron chi connectivity index (χ3n) is 16.1. The maximum atomic E-state index is 13.1. The number of phosphoric ester groups is 2. The fraction of sp³-hybridized carbons (Fsp3) is 0.596. The summed E-state index contributed by atoms with van der Waals surface area (Å²) in [6.07, 6.45) is 97.1. The standard InChI is InChI=1S/C89H142O17P2/c1-5-9-13-17-21-25-29-33-37-40-41-44-47-50-54-58-62-66-70-74-87(92)100-80-85(106-89(94)76-72-68-64-60-56-52-48-43-39-35-31-27-23-19-15-11-7-3)82-104-108(97,98)102-78-83(90)77-101-107(95,96)103-81-84(105-88(93)75-71-67-63-59-55-51-45-36-32-28-24-20-16-12-8-4)79-99-86(91)73-69-65-61-57-53-49-46-42-38-34-30-26-22-18-14-10-6-2/h9-16,21-28,33-39,41,44-45,50,54-55,59,62,66,83-85,90H,5-8,17-20,29-32,40,42-43,46-49,51-53,56-58,60-61,63-65,67-82H2,1-4H3,(H,95,96)(H,97,98)/b13-9-,14-10-,15-11-,16-12-,25-21-,26-22-,27-23-,28-24-,37-33-,38-34-,39-35-,44-41-,45-36-,54-50-,59-55-,66-62-. The van der Waals surface area contributed by atoms with Gasteiger partial charge in [0.15, 0.2) is 12.2 Å². The molecule has 0 saturated heterocycles. The first-order valence-corrected chi connectivity index (χ1v) is 43.7. The Balaban J connectivity index is 5.50. The van der Waals surface area contributed by atoms with E-state index >= 15 is 0 Å². The highest BCUT2D eigenvalue weighted by molar-refractivity contribution is 7.47. The zero-order chi connectivity index (χ0) is 78.9. The number of phosphoric acid groups is 2. The molecule has 0 aliphatic carbocycles. The van der Waals surface area contributed by atoms with Crippen molar-refractivity contribution in [1.82, 2.24) is 0 Å². The van der Waals surface area contributed by atoms with Gasteiger partial charge in [-0.15, -0.1) is 0 Å². The maximum absolute atomic E-state index is 13.1. The predicted octanol–water partition coefficient (Wildman–Crippen LogP) is 24.1. The normalized spacial score (nSPS) is 14.8. The molecule has 0 saturated carbocycles. The van der Waals surface area contributed by atoms with E-state index in [9.17, 15) is 43.2 Å². The SMILES string of the molecule is CC/C=C\C/C=C\C/C=C\C/C=C\C/C=C\C/C=C\CCC(=O)OCC(COP(=O)(O)OCC(O)COP(=O)(O)OCC(COC(=O)CCCCCCCCC/C=C\C/C=C\C/C=C\CC)OC(=O)CCCC/C=C\C/C=C\C/C=C\C/C=C\CC)OC(=O)CCCCCCCCC/C=C\C/C=C\C/C=C\CC. The first-order valence-electron chi connectivity index (χ1n) is 40.7. The molecule has 0 aromatic rings. The molecule has 0 radical (unpaired) electrons. The van der Waals surface area contributed by atoms with Gasteiger partial charge in [-0.1, -0.05) is 286 Å². The molecular weight excluding hydrogens is 1400 g/mol. The van der Waals surface area contributed by atoms with Crippen LogP contribution in [0.2, 0.25) is 0 Å². The van der Waals surface area contributed by atoms with Gasteiger partial charge in [-0.3, -0.25) is 37.3 Å². The second-order valence-electron chi connectivity index (χ2n) is 26.2. The van der Waals surface area contributed by atoms with Gasteiger partial charge in [-0.05, 0) is 167 Å². The van der Waals surface area contributed by atoms with Crippen LogP contribution in [0.1, 0.15) is 285 Å². The number of unbranched alkanes of at least 4 members (excludes halogenated alkanes) is 16. The Morgan fingerprint density at radius 3 is 0.769 bits per heavy atom. The van der Waals surface area contributed by atoms with Crippen LogP contribution in [0.3, 0.4) is 0 Å². The van der Waals surface area contributed by atoms with Gasteiger partial charge in [0.1, 0.15) is 19.3 Å². The molecule has 0 aromatic carbocycles. The van der Waals surface area contributed by atoms with Crippen molar-refractivity contribution in [2.75, 3.05) is 39.6 Å². The Kier molecular flexibility index (Phi) is 74.5. The van der Waals surface area contributed by atoms with Gasteiger partial charge in [0.2, 0.25) is 0 Å². The lowest BCUT2D eigenvalue weighted by Gasteiger charge is -2.21. The van der Waals surface area contributed by atoms with E-state index in [0.29, 0.717) is 38.5 Å². The van der Waals surface area contributed by atoms with Crippen LogP contribution in [0.25, 0.3) is 0 Å². The van der Waals surface area contributed by atoms with E-state index in [2.05, 4.69) is 204 Å². The molecule has 108 heavy (non-hydrogen) atoms. The number of aliphatic hydroxyl groups excluding tert-OH is 1. The Labute approximate surface area is 653 Å². The van der Waals surface area contributed by atoms with Gasteiger partial charge in [-0.2, -0.15) is 0 Å². The molecule has 0 amide bonds. The number of carbonyl (C=O) groups excluding carboxylic acids is 4. The Hall–Kier alpha value is -6.10. The Bertz CT molecular complexity index is 2810. The highest BCUT2D eigenvalue weighted by Gasteiger charge is 2.30. The van der Waals surface area contributed by atoms with Gasteiger partial charge in [0.05, 0.1) is 26.4 Å². The van der Waals surface area contributed by atoms with Crippen LogP contribution >= 0.6 is 15.6 Å². The van der Waals surface area contributed by atoms with E-state index in [1.54, 1.807) is 0 Å². The highest BCUT2D eigenvalue weighted by Crippen LogP contribution is 2.45. The van der Waals surface area contributed by atoms with Gasteiger partial charge in [-0.25, -0.2) is 9.13 Å². The summed E-state index contributed by atoms with van der Waals surface area (Å²) < 4.78 is 68.6. The maximum Gasteiger partial charge on any atom is 0.472 e. The van der Waals surface area contributed by atoms with Crippen LogP contribution in [0.5, 0.6) is 0 Å². The summed E-state index contributed by atoms with van der Waals surface area (Å²) in [5.74, 6) is -2.36. The predicted molar refractivity (Wildman–Crippen MR) is 445 cm³/mol. The molecule has 5 atom stereocenters. The topological polar surface area (TPSA) is 237 Å². The zero-order valence-electron chi connectivity index (χ0n) is 66.7. The lowest BCUT2D eigenvalue weighted by Crippen LogP contribution is -2.30. The molecule has 17 nitrogen and oxygen atoms in total. The first-order chi connectivity index (χ1) is 52.7. The van der Waals surface area contributed by atoms with Crippen LogP contribution < -0.4 is 0 Å². The number of hydrogen-bond donors (Lipinski definition) is 3. The number of allylic oxidation sites excluding steroid dienone is 32. The third kappa shape index (κ3) is 78.0. The quantitative estimate of drug-likeness (QED) is 0.0169. The summed E-state index contributed by atoms with van der Waals surface area (Å²) in [6.45, 7) is 4.25. The molecule has 0 fully saturated rings. The molecule has 19 heteroatoms. The number of rotatable bonds is 74. The smallest absolute Gasteiger partial charge is 0.462 e. The van der Waals surface area contributed by atoms with Crippen molar-refractivity contribution in [1.29, 1.82) is 0 Å². The molecule has 0 aliphatic heterocycles. The van der Waals surface area contributed by atoms with Crippen molar-refractivity contribution in [2.45, 2.75) is 303 Å². The van der Waals surface area contributed by atoms with Gasteiger partial charge < -0.3 is 33.8 Å². The number of esters is 4. The number of hydrogen-bond acceptors (Lipinski definition) is 15. The minimum absolute atomic E-state index is 0.0256. The lowest BCUT2D eigenvalue weighted by atomic mass is 10.1. The monoisotopic (exact) mass is 1540 g/mol. The van der Waals surface area contributed by atoms with E-state index in [1.807, 2.05) is 18.2 Å².